The molecule has 0 bridgehead atoms. The predicted molar refractivity (Wildman–Crippen MR) is 100 cm³/mol. The molecule has 3 N–H and O–H groups in total. The molecule has 0 unspecified atom stereocenters. The van der Waals surface area contributed by atoms with E-state index >= 15 is 0 Å². The molecule has 1 aliphatic carbocycles. The van der Waals surface area contributed by atoms with Crippen molar-refractivity contribution in [3.8, 4) is 0 Å². The van der Waals surface area contributed by atoms with Crippen molar-refractivity contribution in [3.05, 3.63) is 32.8 Å². The molecule has 0 saturated carbocycles. The summed E-state index contributed by atoms with van der Waals surface area (Å²) in [6, 6.07) is 0. The van der Waals surface area contributed by atoms with E-state index in [1.807, 2.05) is 12.3 Å². The minimum Gasteiger partial charge on any atom is -0.397 e. The summed E-state index contributed by atoms with van der Waals surface area (Å²) < 4.78 is 0. The zero-order valence-electron chi connectivity index (χ0n) is 13.6. The van der Waals surface area contributed by atoms with E-state index in [1.54, 1.807) is 0 Å². The summed E-state index contributed by atoms with van der Waals surface area (Å²) in [5, 5.41) is 6.34. The molecule has 0 aromatic carbocycles. The summed E-state index contributed by atoms with van der Waals surface area (Å²) in [5.74, 6) is -0.202. The number of nitrogens with zero attached hydrogens (tertiary/aromatic N) is 2. The molecular weight excluding hydrogens is 340 g/mol. The van der Waals surface area contributed by atoms with Crippen LogP contribution < -0.4 is 11.1 Å². The molecule has 3 heterocycles. The maximum absolute atomic E-state index is 12.6. The van der Waals surface area contributed by atoms with Crippen LogP contribution in [0.15, 0.2) is 5.38 Å². The van der Waals surface area contributed by atoms with Crippen LogP contribution in [0.25, 0.3) is 10.2 Å². The fourth-order valence-corrected chi connectivity index (χ4v) is 5.09. The minimum absolute atomic E-state index is 0.202. The number of aryl methyl sites for hydroxylation is 3. The summed E-state index contributed by atoms with van der Waals surface area (Å²) in [7, 11) is 0. The fourth-order valence-electron chi connectivity index (χ4n) is 3.34. The van der Waals surface area contributed by atoms with Gasteiger partial charge in [0.25, 0.3) is 5.91 Å². The maximum Gasteiger partial charge on any atom is 0.269 e. The number of fused-ring (bicyclic) bond motifs is 3. The molecule has 1 amide bonds. The van der Waals surface area contributed by atoms with Gasteiger partial charge < -0.3 is 5.73 Å². The first-order chi connectivity index (χ1) is 11.5. The molecule has 4 rings (SSSR count). The second-order valence-corrected chi connectivity index (χ2v) is 7.99. The fraction of sp³-hybridized carbons (Fsp3) is 0.353. The number of thiazole rings is 1. The van der Waals surface area contributed by atoms with Crippen molar-refractivity contribution in [1.82, 2.24) is 9.97 Å². The van der Waals surface area contributed by atoms with Crippen molar-refractivity contribution < 1.29 is 4.79 Å². The van der Waals surface area contributed by atoms with E-state index in [0.717, 1.165) is 34.4 Å². The van der Waals surface area contributed by atoms with E-state index in [2.05, 4.69) is 17.2 Å². The summed E-state index contributed by atoms with van der Waals surface area (Å²) in [4.78, 5) is 23.0. The zero-order valence-corrected chi connectivity index (χ0v) is 15.2. The average molecular weight is 358 g/mol. The van der Waals surface area contributed by atoms with Gasteiger partial charge in [-0.05, 0) is 50.7 Å². The number of anilines is 2. The first-order valence-corrected chi connectivity index (χ1v) is 9.68. The normalized spacial score (nSPS) is 13.9. The Labute approximate surface area is 147 Å². The Bertz CT molecular complexity index is 957. The van der Waals surface area contributed by atoms with Crippen LogP contribution in [0.4, 0.5) is 10.8 Å². The van der Waals surface area contributed by atoms with Crippen molar-refractivity contribution >= 4 is 49.6 Å². The van der Waals surface area contributed by atoms with E-state index < -0.39 is 0 Å². The molecule has 3 aromatic rings. The van der Waals surface area contributed by atoms with Crippen LogP contribution in [0.2, 0.25) is 0 Å². The monoisotopic (exact) mass is 358 g/mol. The van der Waals surface area contributed by atoms with Gasteiger partial charge in [0, 0.05) is 16.5 Å². The summed E-state index contributed by atoms with van der Waals surface area (Å²) >= 11 is 2.79. The Morgan fingerprint density at radius 3 is 2.67 bits per heavy atom. The number of nitrogen functional groups attached to an aromatic ring is 1. The molecule has 3 aromatic heterocycles. The Balaban J connectivity index is 1.79. The number of hydrogen-bond acceptors (Lipinski definition) is 6. The van der Waals surface area contributed by atoms with Gasteiger partial charge in [-0.3, -0.25) is 10.1 Å². The Kier molecular flexibility index (Phi) is 3.77. The zero-order chi connectivity index (χ0) is 16.8. The summed E-state index contributed by atoms with van der Waals surface area (Å²) in [5.41, 5.74) is 11.5. The number of rotatable bonds is 2. The van der Waals surface area contributed by atoms with Crippen molar-refractivity contribution in [1.29, 1.82) is 0 Å². The largest absolute Gasteiger partial charge is 0.397 e. The first-order valence-electron chi connectivity index (χ1n) is 7.98. The Morgan fingerprint density at radius 1 is 1.21 bits per heavy atom. The number of aromatic nitrogens is 2. The minimum atomic E-state index is -0.202. The van der Waals surface area contributed by atoms with Crippen LogP contribution in [-0.2, 0) is 12.8 Å². The SMILES string of the molecule is Cc1csc(NC(=O)c2sc3nc(C)c4c(c3c2N)CCCC4)n1. The second-order valence-electron chi connectivity index (χ2n) is 6.13. The van der Waals surface area contributed by atoms with Crippen LogP contribution in [0, 0.1) is 13.8 Å². The van der Waals surface area contributed by atoms with E-state index in [1.165, 1.54) is 46.6 Å². The molecule has 0 spiro atoms. The number of hydrogen-bond donors (Lipinski definition) is 2. The lowest BCUT2D eigenvalue weighted by Gasteiger charge is -2.18. The molecule has 124 valence electrons. The molecule has 0 saturated heterocycles. The van der Waals surface area contributed by atoms with E-state index in [-0.39, 0.29) is 5.91 Å². The van der Waals surface area contributed by atoms with Gasteiger partial charge in [-0.15, -0.1) is 22.7 Å². The molecule has 24 heavy (non-hydrogen) atoms. The maximum atomic E-state index is 12.6. The van der Waals surface area contributed by atoms with Crippen molar-refractivity contribution in [3.63, 3.8) is 0 Å². The van der Waals surface area contributed by atoms with Crippen LogP contribution >= 0.6 is 22.7 Å². The molecule has 0 radical (unpaired) electrons. The van der Waals surface area contributed by atoms with Crippen LogP contribution in [0.3, 0.4) is 0 Å². The van der Waals surface area contributed by atoms with Crippen molar-refractivity contribution in [2.24, 2.45) is 0 Å². The number of amides is 1. The smallest absolute Gasteiger partial charge is 0.269 e. The van der Waals surface area contributed by atoms with Gasteiger partial charge in [0.15, 0.2) is 5.13 Å². The van der Waals surface area contributed by atoms with Crippen LogP contribution in [0.1, 0.15) is 45.0 Å². The number of thiophene rings is 1. The highest BCUT2D eigenvalue weighted by Gasteiger charge is 2.24. The number of nitrogens with one attached hydrogen (secondary N) is 1. The van der Waals surface area contributed by atoms with Gasteiger partial charge in [0.1, 0.15) is 9.71 Å². The standard InChI is InChI=1S/C17H18N4OS2/c1-8-7-23-17(19-8)21-15(22)14-13(18)12-11-6-4-3-5-10(11)9(2)20-16(12)24-14/h7H,3-6,18H2,1-2H3,(H,19,21,22). The quantitative estimate of drug-likeness (QED) is 0.723. The molecule has 7 heteroatoms. The van der Waals surface area contributed by atoms with Crippen molar-refractivity contribution in [2.75, 3.05) is 11.1 Å². The molecule has 0 aliphatic heterocycles. The van der Waals surface area contributed by atoms with Gasteiger partial charge in [-0.2, -0.15) is 0 Å². The number of pyridine rings is 1. The Morgan fingerprint density at radius 2 is 1.96 bits per heavy atom. The van der Waals surface area contributed by atoms with Gasteiger partial charge in [0.05, 0.1) is 11.4 Å². The Hall–Kier alpha value is -1.99. The third-order valence-corrected chi connectivity index (χ3v) is 6.42. The van der Waals surface area contributed by atoms with Gasteiger partial charge in [-0.25, -0.2) is 9.97 Å². The van der Waals surface area contributed by atoms with Gasteiger partial charge in [0.2, 0.25) is 0 Å². The predicted octanol–water partition coefficient (Wildman–Crippen LogP) is 4.08. The molecule has 1 aliphatic rings. The van der Waals surface area contributed by atoms with Crippen LogP contribution in [-0.4, -0.2) is 15.9 Å². The lowest BCUT2D eigenvalue weighted by atomic mass is 9.89. The van der Waals surface area contributed by atoms with Gasteiger partial charge in [-0.1, -0.05) is 0 Å². The highest BCUT2D eigenvalue weighted by atomic mass is 32.1. The summed E-state index contributed by atoms with van der Waals surface area (Å²) in [6.45, 7) is 3.95. The first kappa shape index (κ1) is 15.5. The van der Waals surface area contributed by atoms with Gasteiger partial charge >= 0.3 is 0 Å². The van der Waals surface area contributed by atoms with Crippen LogP contribution in [0.5, 0.6) is 0 Å². The number of carbonyl (C=O) groups is 1. The van der Waals surface area contributed by atoms with E-state index in [0.29, 0.717) is 15.7 Å². The second kappa shape index (κ2) is 5.82. The van der Waals surface area contributed by atoms with E-state index in [9.17, 15) is 4.79 Å². The molecular formula is C17H18N4OS2. The highest BCUT2D eigenvalue weighted by Crippen LogP contribution is 2.39. The molecule has 5 nitrogen and oxygen atoms in total. The lowest BCUT2D eigenvalue weighted by Crippen LogP contribution is -2.12. The highest BCUT2D eigenvalue weighted by molar-refractivity contribution is 7.21. The number of nitrogens with two attached hydrogens (primary N) is 1. The lowest BCUT2D eigenvalue weighted by molar-refractivity contribution is 0.103. The van der Waals surface area contributed by atoms with E-state index in [4.69, 9.17) is 10.7 Å². The third kappa shape index (κ3) is 2.48. The van der Waals surface area contributed by atoms with Crippen molar-refractivity contribution in [2.45, 2.75) is 39.5 Å². The average Bonchev–Trinajstić information content (AvgIpc) is 3.11. The number of carbonyl (C=O) groups excluding carboxylic acids is 1. The topological polar surface area (TPSA) is 80.9 Å². The third-order valence-electron chi connectivity index (χ3n) is 4.45. The molecule has 0 atom stereocenters. The summed E-state index contributed by atoms with van der Waals surface area (Å²) in [6.07, 6.45) is 4.44. The molecule has 0 fully saturated rings.